The topological polar surface area (TPSA) is 69.5 Å². The Bertz CT molecular complexity index is 1050. The van der Waals surface area contributed by atoms with Gasteiger partial charge in [0.25, 0.3) is 0 Å². The lowest BCUT2D eigenvalue weighted by atomic mass is 10.1. The number of methoxy groups -OCH3 is 2. The number of hydrogen-bond acceptors (Lipinski definition) is 6. The maximum absolute atomic E-state index is 12.8. The van der Waals surface area contributed by atoms with Gasteiger partial charge in [0.05, 0.1) is 20.0 Å². The minimum Gasteiger partial charge on any atom is -0.493 e. The Hall–Kier alpha value is -3.00. The summed E-state index contributed by atoms with van der Waals surface area (Å²) in [6, 6.07) is 13.8. The smallest absolute Gasteiger partial charge is 0.233 e. The van der Waals surface area contributed by atoms with Crippen LogP contribution in [0.4, 0.5) is 0 Å². The number of carbonyl (C=O) groups excluding carboxylic acids is 1. The van der Waals surface area contributed by atoms with Crippen molar-refractivity contribution in [3.63, 3.8) is 0 Å². The van der Waals surface area contributed by atoms with Gasteiger partial charge in [0.15, 0.2) is 22.5 Å². The highest BCUT2D eigenvalue weighted by atomic mass is 32.2. The van der Waals surface area contributed by atoms with Crippen LogP contribution in [-0.2, 0) is 17.9 Å². The molecule has 0 unspecified atom stereocenters. The number of para-hydroxylation sites is 1. The molecule has 7 nitrogen and oxygen atoms in total. The molecule has 0 bridgehead atoms. The third-order valence-electron chi connectivity index (χ3n) is 5.06. The summed E-state index contributed by atoms with van der Waals surface area (Å²) in [7, 11) is 4.98. The van der Waals surface area contributed by atoms with E-state index in [4.69, 9.17) is 9.47 Å². The maximum Gasteiger partial charge on any atom is 0.233 e. The Labute approximate surface area is 187 Å². The molecule has 164 valence electrons. The summed E-state index contributed by atoms with van der Waals surface area (Å²) < 4.78 is 12.9. The van der Waals surface area contributed by atoms with E-state index in [0.29, 0.717) is 18.0 Å². The van der Waals surface area contributed by atoms with Gasteiger partial charge < -0.3 is 18.9 Å². The van der Waals surface area contributed by atoms with Crippen molar-refractivity contribution >= 4 is 17.7 Å². The van der Waals surface area contributed by atoms with Crippen molar-refractivity contribution in [3.8, 4) is 22.9 Å². The molecule has 0 fully saturated rings. The van der Waals surface area contributed by atoms with Crippen LogP contribution in [0.2, 0.25) is 0 Å². The summed E-state index contributed by atoms with van der Waals surface area (Å²) in [5, 5.41) is 9.46. The van der Waals surface area contributed by atoms with Crippen molar-refractivity contribution in [3.05, 3.63) is 53.6 Å². The molecule has 31 heavy (non-hydrogen) atoms. The van der Waals surface area contributed by atoms with Gasteiger partial charge in [-0.15, -0.1) is 10.2 Å². The van der Waals surface area contributed by atoms with Gasteiger partial charge in [-0.25, -0.2) is 0 Å². The molecule has 0 aliphatic heterocycles. The van der Waals surface area contributed by atoms with Gasteiger partial charge in [-0.05, 0) is 25.5 Å². The lowest BCUT2D eigenvalue weighted by molar-refractivity contribution is -0.127. The number of benzene rings is 2. The molecule has 0 aliphatic rings. The number of amides is 1. The first kappa shape index (κ1) is 22.7. The number of aryl methyl sites for hydroxylation is 1. The van der Waals surface area contributed by atoms with Crippen LogP contribution in [0, 0.1) is 6.92 Å². The van der Waals surface area contributed by atoms with E-state index in [1.807, 2.05) is 41.0 Å². The van der Waals surface area contributed by atoms with Gasteiger partial charge in [-0.2, -0.15) is 0 Å². The number of ether oxygens (including phenoxy) is 2. The molecule has 8 heteroatoms. The monoisotopic (exact) mass is 440 g/mol. The Morgan fingerprint density at radius 1 is 1.10 bits per heavy atom. The second-order valence-corrected chi connectivity index (χ2v) is 8.00. The van der Waals surface area contributed by atoms with E-state index in [1.54, 1.807) is 26.2 Å². The summed E-state index contributed by atoms with van der Waals surface area (Å²) >= 11 is 1.40. The van der Waals surface area contributed by atoms with Gasteiger partial charge >= 0.3 is 0 Å². The van der Waals surface area contributed by atoms with Crippen LogP contribution in [0.3, 0.4) is 0 Å². The first-order valence-electron chi connectivity index (χ1n) is 10.1. The van der Waals surface area contributed by atoms with E-state index in [-0.39, 0.29) is 11.7 Å². The molecule has 3 rings (SSSR count). The van der Waals surface area contributed by atoms with Crippen molar-refractivity contribution < 1.29 is 14.3 Å². The fourth-order valence-corrected chi connectivity index (χ4v) is 4.30. The van der Waals surface area contributed by atoms with E-state index >= 15 is 0 Å². The summed E-state index contributed by atoms with van der Waals surface area (Å²) in [5.41, 5.74) is 3.09. The van der Waals surface area contributed by atoms with E-state index in [9.17, 15) is 4.79 Å². The van der Waals surface area contributed by atoms with Crippen LogP contribution < -0.4 is 9.47 Å². The lowest BCUT2D eigenvalue weighted by Gasteiger charge is -2.19. The van der Waals surface area contributed by atoms with Crippen LogP contribution >= 0.6 is 11.8 Å². The van der Waals surface area contributed by atoms with Crippen LogP contribution in [0.25, 0.3) is 11.4 Å². The van der Waals surface area contributed by atoms with E-state index in [2.05, 4.69) is 30.1 Å². The minimum atomic E-state index is -0.00188. The summed E-state index contributed by atoms with van der Waals surface area (Å²) in [6.45, 7) is 5.26. The van der Waals surface area contributed by atoms with Crippen molar-refractivity contribution in [2.45, 2.75) is 32.1 Å². The number of thioether (sulfide) groups is 1. The zero-order valence-corrected chi connectivity index (χ0v) is 19.4. The van der Waals surface area contributed by atoms with Crippen molar-refractivity contribution in [2.24, 2.45) is 0 Å². The van der Waals surface area contributed by atoms with Gasteiger partial charge in [-0.1, -0.05) is 48.2 Å². The first-order valence-corrected chi connectivity index (χ1v) is 11.0. The van der Waals surface area contributed by atoms with E-state index in [0.717, 1.165) is 34.2 Å². The molecule has 0 aliphatic carbocycles. The number of carbonyl (C=O) groups is 1. The molecular weight excluding hydrogens is 412 g/mol. The predicted molar refractivity (Wildman–Crippen MR) is 123 cm³/mol. The molecule has 0 spiro atoms. The highest BCUT2D eigenvalue weighted by Crippen LogP contribution is 2.31. The fraction of sp³-hybridized carbons (Fsp3) is 0.348. The maximum atomic E-state index is 12.8. The average molecular weight is 441 g/mol. The third-order valence-corrected chi connectivity index (χ3v) is 6.01. The molecule has 1 heterocycles. The number of aromatic nitrogens is 3. The second-order valence-electron chi connectivity index (χ2n) is 7.06. The van der Waals surface area contributed by atoms with Crippen molar-refractivity contribution in [1.82, 2.24) is 19.7 Å². The largest absolute Gasteiger partial charge is 0.493 e. The van der Waals surface area contributed by atoms with Gasteiger partial charge in [0.2, 0.25) is 5.91 Å². The second kappa shape index (κ2) is 10.3. The van der Waals surface area contributed by atoms with Crippen molar-refractivity contribution in [2.75, 3.05) is 27.0 Å². The number of rotatable bonds is 9. The third kappa shape index (κ3) is 5.02. The van der Waals surface area contributed by atoms with Crippen LogP contribution in [0.5, 0.6) is 11.5 Å². The Balaban J connectivity index is 1.69. The summed E-state index contributed by atoms with van der Waals surface area (Å²) in [4.78, 5) is 14.5. The molecule has 2 aromatic carbocycles. The van der Waals surface area contributed by atoms with Crippen LogP contribution in [0.1, 0.15) is 18.1 Å². The quantitative estimate of drug-likeness (QED) is 0.468. The fourth-order valence-electron chi connectivity index (χ4n) is 3.36. The Morgan fingerprint density at radius 3 is 2.55 bits per heavy atom. The summed E-state index contributed by atoms with van der Waals surface area (Å²) in [5.74, 6) is 2.39. The zero-order valence-electron chi connectivity index (χ0n) is 18.6. The SMILES string of the molecule is CCn1c(SCC(=O)N(C)Cc2cccc(OC)c2OC)nnc1-c1ccccc1C. The van der Waals surface area contributed by atoms with Crippen LogP contribution in [-0.4, -0.2) is 52.6 Å². The lowest BCUT2D eigenvalue weighted by Crippen LogP contribution is -2.28. The van der Waals surface area contributed by atoms with Gasteiger partial charge in [0, 0.05) is 31.3 Å². The zero-order chi connectivity index (χ0) is 22.4. The molecule has 3 aromatic rings. The molecule has 0 radical (unpaired) electrons. The molecule has 1 amide bonds. The molecule has 0 atom stereocenters. The minimum absolute atomic E-state index is 0.00188. The molecule has 1 aromatic heterocycles. The first-order chi connectivity index (χ1) is 15.0. The van der Waals surface area contributed by atoms with E-state index < -0.39 is 0 Å². The van der Waals surface area contributed by atoms with E-state index in [1.165, 1.54) is 11.8 Å². The normalized spacial score (nSPS) is 10.7. The average Bonchev–Trinajstić information content (AvgIpc) is 3.20. The molecule has 0 saturated heterocycles. The predicted octanol–water partition coefficient (Wildman–Crippen LogP) is 4.04. The number of hydrogen-bond donors (Lipinski definition) is 0. The molecule has 0 saturated carbocycles. The Morgan fingerprint density at radius 2 is 1.87 bits per heavy atom. The standard InChI is InChI=1S/C23H28N4O3S/c1-6-27-22(18-12-8-7-10-16(18)2)24-25-23(27)31-15-20(28)26(3)14-17-11-9-13-19(29-4)21(17)30-5/h7-13H,6,14-15H2,1-5H3. The summed E-state index contributed by atoms with van der Waals surface area (Å²) in [6.07, 6.45) is 0. The van der Waals surface area contributed by atoms with Crippen molar-refractivity contribution in [1.29, 1.82) is 0 Å². The highest BCUT2D eigenvalue weighted by Gasteiger charge is 2.18. The highest BCUT2D eigenvalue weighted by molar-refractivity contribution is 7.99. The number of nitrogens with zero attached hydrogens (tertiary/aromatic N) is 4. The molecular formula is C23H28N4O3S. The van der Waals surface area contributed by atoms with Gasteiger partial charge in [0.1, 0.15) is 0 Å². The molecule has 0 N–H and O–H groups in total. The van der Waals surface area contributed by atoms with Gasteiger partial charge in [-0.3, -0.25) is 4.79 Å². The van der Waals surface area contributed by atoms with Crippen LogP contribution in [0.15, 0.2) is 47.6 Å². The Kier molecular flexibility index (Phi) is 7.57.